The van der Waals surface area contributed by atoms with Crippen LogP contribution in [0.25, 0.3) is 21.7 Å². The van der Waals surface area contributed by atoms with Gasteiger partial charge in [-0.3, -0.25) is 0 Å². The van der Waals surface area contributed by atoms with E-state index in [9.17, 15) is 0 Å². The van der Waals surface area contributed by atoms with Gasteiger partial charge in [-0.05, 0) is 36.1 Å². The Hall–Kier alpha value is -1.52. The van der Waals surface area contributed by atoms with Crippen LogP contribution in [0.3, 0.4) is 0 Å². The highest BCUT2D eigenvalue weighted by Crippen LogP contribution is 2.35. The maximum Gasteiger partial charge on any atom is 0.150 e. The summed E-state index contributed by atoms with van der Waals surface area (Å²) < 4.78 is 0. The Bertz CT molecular complexity index is 699. The number of aryl methyl sites for hydroxylation is 1. The Morgan fingerprint density at radius 2 is 2.24 bits per heavy atom. The highest BCUT2D eigenvalue weighted by molar-refractivity contribution is 7.14. The molecule has 1 aromatic carbocycles. The second-order valence-electron chi connectivity index (χ2n) is 3.92. The van der Waals surface area contributed by atoms with Gasteiger partial charge in [0, 0.05) is 5.69 Å². The molecule has 3 nitrogen and oxygen atoms in total. The van der Waals surface area contributed by atoms with Crippen LogP contribution in [0.15, 0.2) is 23.6 Å². The molecule has 86 valence electrons. The summed E-state index contributed by atoms with van der Waals surface area (Å²) in [6.07, 6.45) is 0. The third kappa shape index (κ3) is 1.69. The summed E-state index contributed by atoms with van der Waals surface area (Å²) in [7, 11) is 0. The van der Waals surface area contributed by atoms with Gasteiger partial charge in [0.05, 0.1) is 20.9 Å². The number of thiophene rings is 1. The van der Waals surface area contributed by atoms with Crippen LogP contribution in [0.1, 0.15) is 5.56 Å². The van der Waals surface area contributed by atoms with Crippen molar-refractivity contribution in [2.45, 2.75) is 6.92 Å². The highest BCUT2D eigenvalue weighted by Gasteiger charge is 2.12. The van der Waals surface area contributed by atoms with Gasteiger partial charge in [-0.25, -0.2) is 4.98 Å². The molecule has 0 aliphatic rings. The number of nitrogen functional groups attached to an aromatic ring is 1. The first-order valence-corrected chi connectivity index (χ1v) is 6.40. The first kappa shape index (κ1) is 10.6. The number of nitrogens with one attached hydrogen (secondary N) is 1. The van der Waals surface area contributed by atoms with E-state index < -0.39 is 0 Å². The van der Waals surface area contributed by atoms with E-state index in [2.05, 4.69) is 9.97 Å². The second-order valence-corrected chi connectivity index (χ2v) is 5.18. The molecule has 0 saturated carbocycles. The Kier molecular flexibility index (Phi) is 2.34. The summed E-state index contributed by atoms with van der Waals surface area (Å²) in [6.45, 7) is 1.99. The second kappa shape index (κ2) is 3.75. The average Bonchev–Trinajstić information content (AvgIpc) is 2.83. The van der Waals surface area contributed by atoms with Crippen LogP contribution in [0.2, 0.25) is 5.02 Å². The quantitative estimate of drug-likeness (QED) is 0.656. The molecule has 3 aromatic rings. The smallest absolute Gasteiger partial charge is 0.150 e. The van der Waals surface area contributed by atoms with Crippen molar-refractivity contribution in [3.8, 4) is 10.7 Å². The van der Waals surface area contributed by atoms with Gasteiger partial charge in [0.25, 0.3) is 0 Å². The zero-order valence-corrected chi connectivity index (χ0v) is 10.7. The van der Waals surface area contributed by atoms with Crippen LogP contribution in [0.5, 0.6) is 0 Å². The van der Waals surface area contributed by atoms with E-state index in [4.69, 9.17) is 17.3 Å². The van der Waals surface area contributed by atoms with Gasteiger partial charge in [-0.2, -0.15) is 0 Å². The monoisotopic (exact) mass is 263 g/mol. The van der Waals surface area contributed by atoms with E-state index in [1.807, 2.05) is 30.5 Å². The Morgan fingerprint density at radius 1 is 1.41 bits per heavy atom. The van der Waals surface area contributed by atoms with E-state index in [1.54, 1.807) is 11.3 Å². The molecule has 17 heavy (non-hydrogen) atoms. The first-order valence-electron chi connectivity index (χ1n) is 5.14. The number of aromatic amines is 1. The lowest BCUT2D eigenvalue weighted by Gasteiger charge is -1.92. The summed E-state index contributed by atoms with van der Waals surface area (Å²) in [5, 5.41) is 2.79. The van der Waals surface area contributed by atoms with Crippen LogP contribution < -0.4 is 5.73 Å². The molecular weight excluding hydrogens is 254 g/mol. The van der Waals surface area contributed by atoms with Crippen molar-refractivity contribution >= 4 is 39.7 Å². The number of nitrogens with two attached hydrogens (primary N) is 1. The molecule has 2 heterocycles. The summed E-state index contributed by atoms with van der Waals surface area (Å²) in [4.78, 5) is 8.73. The van der Waals surface area contributed by atoms with Gasteiger partial charge in [-0.1, -0.05) is 11.6 Å². The predicted molar refractivity (Wildman–Crippen MR) is 73.6 cm³/mol. The van der Waals surface area contributed by atoms with Gasteiger partial charge in [0.15, 0.2) is 0 Å². The summed E-state index contributed by atoms with van der Waals surface area (Å²) in [5.41, 5.74) is 9.37. The molecule has 0 radical (unpaired) electrons. The Labute approximate surface area is 107 Å². The Morgan fingerprint density at radius 3 is 2.94 bits per heavy atom. The van der Waals surface area contributed by atoms with Crippen LogP contribution in [-0.4, -0.2) is 9.97 Å². The van der Waals surface area contributed by atoms with Gasteiger partial charge >= 0.3 is 0 Å². The van der Waals surface area contributed by atoms with Crippen LogP contribution in [-0.2, 0) is 0 Å². The van der Waals surface area contributed by atoms with E-state index in [1.165, 1.54) is 0 Å². The van der Waals surface area contributed by atoms with Gasteiger partial charge in [0.1, 0.15) is 5.82 Å². The van der Waals surface area contributed by atoms with Crippen molar-refractivity contribution in [2.75, 3.05) is 5.73 Å². The number of rotatable bonds is 1. The van der Waals surface area contributed by atoms with Crippen molar-refractivity contribution in [1.29, 1.82) is 0 Å². The topological polar surface area (TPSA) is 54.7 Å². The minimum absolute atomic E-state index is 0.723. The zero-order valence-electron chi connectivity index (χ0n) is 9.12. The molecule has 3 N–H and O–H groups in total. The minimum atomic E-state index is 0.723. The third-order valence-electron chi connectivity index (χ3n) is 2.62. The van der Waals surface area contributed by atoms with E-state index in [0.29, 0.717) is 0 Å². The van der Waals surface area contributed by atoms with E-state index >= 15 is 0 Å². The number of aromatic nitrogens is 2. The lowest BCUT2D eigenvalue weighted by Crippen LogP contribution is -1.82. The SMILES string of the molecule is Cc1csc(-c2nc3ccc(N)cc3[nH]2)c1Cl. The highest BCUT2D eigenvalue weighted by atomic mass is 35.5. The molecule has 5 heteroatoms. The normalized spacial score (nSPS) is 11.2. The number of hydrogen-bond acceptors (Lipinski definition) is 3. The molecule has 2 aromatic heterocycles. The minimum Gasteiger partial charge on any atom is -0.399 e. The lowest BCUT2D eigenvalue weighted by molar-refractivity contribution is 1.35. The number of halogens is 1. The van der Waals surface area contributed by atoms with E-state index in [0.717, 1.165) is 38.0 Å². The number of benzene rings is 1. The molecule has 0 amide bonds. The van der Waals surface area contributed by atoms with Crippen LogP contribution in [0, 0.1) is 6.92 Å². The molecule has 0 fully saturated rings. The largest absolute Gasteiger partial charge is 0.399 e. The van der Waals surface area contributed by atoms with Gasteiger partial charge in [0.2, 0.25) is 0 Å². The maximum atomic E-state index is 6.23. The molecule has 0 bridgehead atoms. The van der Waals surface area contributed by atoms with Crippen LogP contribution in [0.4, 0.5) is 5.69 Å². The van der Waals surface area contributed by atoms with Crippen molar-refractivity contribution in [1.82, 2.24) is 9.97 Å². The summed E-state index contributed by atoms with van der Waals surface area (Å²) >= 11 is 7.82. The number of imidazole rings is 1. The van der Waals surface area contributed by atoms with E-state index in [-0.39, 0.29) is 0 Å². The number of H-pyrrole nitrogens is 1. The third-order valence-corrected chi connectivity index (χ3v) is 4.32. The molecule has 0 saturated heterocycles. The molecule has 0 spiro atoms. The molecule has 0 atom stereocenters. The molecule has 0 aliphatic carbocycles. The standard InChI is InChI=1S/C12H10ClN3S/c1-6-5-17-11(10(6)13)12-15-8-3-2-7(14)4-9(8)16-12/h2-5H,14H2,1H3,(H,15,16). The average molecular weight is 264 g/mol. The number of anilines is 1. The molecule has 3 rings (SSSR count). The molecular formula is C12H10ClN3S. The summed E-state index contributed by atoms with van der Waals surface area (Å²) in [5.74, 6) is 0.800. The number of fused-ring (bicyclic) bond motifs is 1. The van der Waals surface area contributed by atoms with Crippen molar-refractivity contribution in [3.05, 3.63) is 34.2 Å². The maximum absolute atomic E-state index is 6.23. The molecule has 0 unspecified atom stereocenters. The zero-order chi connectivity index (χ0) is 12.0. The van der Waals surface area contributed by atoms with Gasteiger partial charge < -0.3 is 10.7 Å². The molecule has 0 aliphatic heterocycles. The van der Waals surface area contributed by atoms with Crippen LogP contribution >= 0.6 is 22.9 Å². The predicted octanol–water partition coefficient (Wildman–Crippen LogP) is 3.84. The first-order chi connectivity index (χ1) is 8.15. The number of nitrogens with zero attached hydrogens (tertiary/aromatic N) is 1. The Balaban J connectivity index is 2.21. The van der Waals surface area contributed by atoms with Crippen molar-refractivity contribution in [3.63, 3.8) is 0 Å². The lowest BCUT2D eigenvalue weighted by atomic mass is 10.3. The fourth-order valence-electron chi connectivity index (χ4n) is 1.72. The van der Waals surface area contributed by atoms with Gasteiger partial charge in [-0.15, -0.1) is 11.3 Å². The summed E-state index contributed by atoms with van der Waals surface area (Å²) in [6, 6.07) is 5.62. The van der Waals surface area contributed by atoms with Crippen molar-refractivity contribution < 1.29 is 0 Å². The van der Waals surface area contributed by atoms with Crippen molar-refractivity contribution in [2.24, 2.45) is 0 Å². The fraction of sp³-hybridized carbons (Fsp3) is 0.0833. The number of hydrogen-bond donors (Lipinski definition) is 2. The fourth-order valence-corrected chi connectivity index (χ4v) is 2.95.